The Morgan fingerprint density at radius 1 is 0.818 bits per heavy atom. The lowest BCUT2D eigenvalue weighted by molar-refractivity contribution is -0.113. The van der Waals surface area contributed by atoms with Gasteiger partial charge in [-0.25, -0.2) is 0 Å². The summed E-state index contributed by atoms with van der Waals surface area (Å²) >= 11 is 0.963. The minimum Gasteiger partial charge on any atom is -0.508 e. The van der Waals surface area contributed by atoms with Gasteiger partial charge in [-0.1, -0.05) is 18.2 Å². The molecule has 1 aliphatic rings. The van der Waals surface area contributed by atoms with Gasteiger partial charge in [-0.2, -0.15) is 0 Å². The summed E-state index contributed by atoms with van der Waals surface area (Å²) in [6, 6.07) is 8.71. The maximum absolute atomic E-state index is 10.6. The Labute approximate surface area is 201 Å². The Bertz CT molecular complexity index is 489. The lowest BCUT2D eigenvalue weighted by Crippen LogP contribution is -2.24. The number of carbonyl (C=O) groups excluding carboxylic acids is 1. The molecule has 10 nitrogen and oxygen atoms in total. The first kappa shape index (κ1) is 31.7. The number of rotatable bonds is 4. The second-order valence-electron chi connectivity index (χ2n) is 6.16. The highest BCUT2D eigenvalue weighted by Crippen LogP contribution is 2.03. The predicted octanol–water partition coefficient (Wildman–Crippen LogP) is 2.29. The summed E-state index contributed by atoms with van der Waals surface area (Å²) in [6.07, 6.45) is 0.921. The first-order valence-electron chi connectivity index (χ1n) is 10.7. The molecule has 0 saturated carbocycles. The summed E-state index contributed by atoms with van der Waals surface area (Å²) in [7, 11) is 3.10. The number of hydrogen-bond donors (Lipinski definition) is 1. The van der Waals surface area contributed by atoms with E-state index in [-0.39, 0.29) is 6.10 Å². The van der Waals surface area contributed by atoms with E-state index < -0.39 is 0 Å². The molecule has 1 unspecified atom stereocenters. The van der Waals surface area contributed by atoms with Crippen molar-refractivity contribution in [2.45, 2.75) is 12.5 Å². The minimum absolute atomic E-state index is 0.232. The van der Waals surface area contributed by atoms with E-state index in [2.05, 4.69) is 8.37 Å². The number of aldehydes is 1. The van der Waals surface area contributed by atoms with Gasteiger partial charge in [0.1, 0.15) is 12.0 Å². The van der Waals surface area contributed by atoms with Crippen molar-refractivity contribution in [1.29, 1.82) is 0 Å². The molecule has 1 aliphatic heterocycles. The van der Waals surface area contributed by atoms with Gasteiger partial charge in [-0.3, -0.25) is 8.37 Å². The van der Waals surface area contributed by atoms with E-state index in [0.717, 1.165) is 18.6 Å². The number of ether oxygens (including phenoxy) is 6. The summed E-state index contributed by atoms with van der Waals surface area (Å²) < 4.78 is 41.1. The van der Waals surface area contributed by atoms with Crippen molar-refractivity contribution in [3.8, 4) is 5.75 Å². The molecule has 1 atom stereocenters. The van der Waals surface area contributed by atoms with Crippen molar-refractivity contribution in [2.24, 2.45) is 0 Å². The molecular formula is C22H38O10S. The molecule has 192 valence electrons. The molecule has 0 bridgehead atoms. The van der Waals surface area contributed by atoms with Gasteiger partial charge in [0.2, 0.25) is 0 Å². The third kappa shape index (κ3) is 25.2. The third-order valence-electron chi connectivity index (χ3n) is 3.62. The molecule has 1 aromatic rings. The molecule has 1 aromatic carbocycles. The lowest BCUT2D eigenvalue weighted by atomic mass is 10.3. The first-order chi connectivity index (χ1) is 16.2. The molecule has 1 N–H and O–H groups in total. The van der Waals surface area contributed by atoms with Gasteiger partial charge < -0.3 is 38.3 Å². The smallest absolute Gasteiger partial charge is 0.158 e. The van der Waals surface area contributed by atoms with Crippen LogP contribution in [0.15, 0.2) is 30.3 Å². The Morgan fingerprint density at radius 2 is 1.27 bits per heavy atom. The first-order valence-corrected chi connectivity index (χ1v) is 11.3. The molecule has 33 heavy (non-hydrogen) atoms. The van der Waals surface area contributed by atoms with Crippen LogP contribution in [-0.4, -0.2) is 104 Å². The molecule has 0 spiro atoms. The summed E-state index contributed by atoms with van der Waals surface area (Å²) in [5.74, 6) is 0.322. The van der Waals surface area contributed by atoms with Crippen LogP contribution < -0.4 is 0 Å². The van der Waals surface area contributed by atoms with Gasteiger partial charge in [0, 0.05) is 6.42 Å². The van der Waals surface area contributed by atoms with Gasteiger partial charge in [0.25, 0.3) is 0 Å². The van der Waals surface area contributed by atoms with Crippen molar-refractivity contribution in [1.82, 2.24) is 0 Å². The van der Waals surface area contributed by atoms with Crippen molar-refractivity contribution in [3.05, 3.63) is 30.3 Å². The zero-order chi connectivity index (χ0) is 24.2. The SMILES string of the molecule is COSOC.O=CCC1COCCOCCOCCOCCOCCO1.Oc1ccccc1. The monoisotopic (exact) mass is 494 g/mol. The molecule has 0 aliphatic carbocycles. The molecule has 0 radical (unpaired) electrons. The van der Waals surface area contributed by atoms with E-state index in [1.54, 1.807) is 38.5 Å². The van der Waals surface area contributed by atoms with Crippen molar-refractivity contribution >= 4 is 18.6 Å². The van der Waals surface area contributed by atoms with Gasteiger partial charge in [-0.05, 0) is 12.1 Å². The van der Waals surface area contributed by atoms with E-state index in [0.29, 0.717) is 84.8 Å². The summed E-state index contributed by atoms with van der Waals surface area (Å²) in [4.78, 5) is 10.6. The minimum atomic E-state index is -0.232. The third-order valence-corrected chi connectivity index (χ3v) is 3.90. The highest BCUT2D eigenvalue weighted by molar-refractivity contribution is 7.89. The fourth-order valence-corrected chi connectivity index (χ4v) is 2.29. The Morgan fingerprint density at radius 3 is 1.64 bits per heavy atom. The van der Waals surface area contributed by atoms with Gasteiger partial charge in [0.05, 0.1) is 93.0 Å². The van der Waals surface area contributed by atoms with Gasteiger partial charge in [0.15, 0.2) is 12.3 Å². The predicted molar refractivity (Wildman–Crippen MR) is 124 cm³/mol. The molecule has 2 rings (SSSR count). The largest absolute Gasteiger partial charge is 0.508 e. The second-order valence-corrected chi connectivity index (χ2v) is 6.96. The molecule has 0 aromatic heterocycles. The van der Waals surface area contributed by atoms with Crippen molar-refractivity contribution in [3.63, 3.8) is 0 Å². The Hall–Kier alpha value is -1.28. The normalized spacial score (nSPS) is 19.4. The van der Waals surface area contributed by atoms with Crippen LogP contribution in [0.3, 0.4) is 0 Å². The van der Waals surface area contributed by atoms with Crippen LogP contribution in [0.1, 0.15) is 6.42 Å². The number of phenols is 1. The fraction of sp³-hybridized carbons (Fsp3) is 0.682. The van der Waals surface area contributed by atoms with Crippen molar-refractivity contribution < 1.29 is 46.7 Å². The molecule has 1 heterocycles. The number of phenolic OH excluding ortho intramolecular Hbond substituents is 1. The summed E-state index contributed by atoms with van der Waals surface area (Å²) in [5, 5.41) is 8.63. The second kappa shape index (κ2) is 27.0. The van der Waals surface area contributed by atoms with Crippen LogP contribution in [0.2, 0.25) is 0 Å². The van der Waals surface area contributed by atoms with Crippen molar-refractivity contribution in [2.75, 3.05) is 86.9 Å². The Kier molecular flexibility index (Phi) is 25.9. The molecule has 1 saturated heterocycles. The molecule has 1 fully saturated rings. The average Bonchev–Trinajstić information content (AvgIpc) is 2.82. The topological polar surface area (TPSA) is 111 Å². The van der Waals surface area contributed by atoms with E-state index in [9.17, 15) is 4.79 Å². The van der Waals surface area contributed by atoms with Crippen LogP contribution in [0, 0.1) is 0 Å². The van der Waals surface area contributed by atoms with E-state index in [1.165, 1.54) is 0 Å². The average molecular weight is 495 g/mol. The zero-order valence-corrected chi connectivity index (χ0v) is 20.4. The molecular weight excluding hydrogens is 456 g/mol. The molecule has 11 heteroatoms. The van der Waals surface area contributed by atoms with Crippen LogP contribution in [0.25, 0.3) is 0 Å². The number of hydrogen-bond acceptors (Lipinski definition) is 11. The standard InChI is InChI=1S/C14H26O7.C6H6O.C2H6O2S/c15-2-1-14-13-20-10-9-18-6-5-16-3-4-17-7-8-19-11-12-21-14;7-6-4-2-1-3-5-6;1-3-5-4-2/h2,14H,1,3-13H2;1-5,7H;1-2H3. The quantitative estimate of drug-likeness (QED) is 0.491. The maximum atomic E-state index is 10.6. The van der Waals surface area contributed by atoms with Crippen LogP contribution >= 0.6 is 12.3 Å². The zero-order valence-electron chi connectivity index (χ0n) is 19.6. The summed E-state index contributed by atoms with van der Waals surface area (Å²) in [6.45, 7) is 5.46. The van der Waals surface area contributed by atoms with E-state index in [4.69, 9.17) is 33.5 Å². The van der Waals surface area contributed by atoms with Gasteiger partial charge >= 0.3 is 0 Å². The number of aromatic hydroxyl groups is 1. The highest BCUT2D eigenvalue weighted by atomic mass is 32.2. The number of carbonyl (C=O) groups is 1. The van der Waals surface area contributed by atoms with Gasteiger partial charge in [-0.15, -0.1) is 0 Å². The lowest BCUT2D eigenvalue weighted by Gasteiger charge is -2.16. The van der Waals surface area contributed by atoms with Crippen LogP contribution in [0.5, 0.6) is 5.75 Å². The number of para-hydroxylation sites is 1. The van der Waals surface area contributed by atoms with Crippen LogP contribution in [-0.2, 0) is 41.6 Å². The Balaban J connectivity index is 0.000000692. The highest BCUT2D eigenvalue weighted by Gasteiger charge is 2.09. The van der Waals surface area contributed by atoms with E-state index >= 15 is 0 Å². The fourth-order valence-electron chi connectivity index (χ4n) is 2.16. The maximum Gasteiger partial charge on any atom is 0.158 e. The van der Waals surface area contributed by atoms with E-state index in [1.807, 2.05) is 6.07 Å². The number of benzene rings is 1. The van der Waals surface area contributed by atoms with Crippen LogP contribution in [0.4, 0.5) is 0 Å². The molecule has 0 amide bonds. The summed E-state index contributed by atoms with van der Waals surface area (Å²) in [5.41, 5.74) is 0.